The van der Waals surface area contributed by atoms with E-state index in [-0.39, 0.29) is 11.8 Å². The van der Waals surface area contributed by atoms with Crippen LogP contribution in [-0.4, -0.2) is 34.9 Å². The summed E-state index contributed by atoms with van der Waals surface area (Å²) in [6.07, 6.45) is 8.44. The van der Waals surface area contributed by atoms with Crippen LogP contribution in [0, 0.1) is 0 Å². The maximum atomic E-state index is 11.9. The molecule has 7 heteroatoms. The maximum absolute atomic E-state index is 11.9. The van der Waals surface area contributed by atoms with Crippen LogP contribution in [0.25, 0.3) is 0 Å². The molecule has 0 aromatic carbocycles. The fourth-order valence-electron chi connectivity index (χ4n) is 2.25. The zero-order valence-corrected chi connectivity index (χ0v) is 14.1. The minimum atomic E-state index is -0.142. The van der Waals surface area contributed by atoms with Gasteiger partial charge < -0.3 is 16.4 Å². The average Bonchev–Trinajstić information content (AvgIpc) is 2.64. The second kappa shape index (κ2) is 10.0. The Kier molecular flexibility index (Phi) is 7.37. The third-order valence-corrected chi connectivity index (χ3v) is 3.65. The first-order chi connectivity index (χ1) is 12.2. The third kappa shape index (κ3) is 6.58. The van der Waals surface area contributed by atoms with E-state index >= 15 is 0 Å². The van der Waals surface area contributed by atoms with E-state index in [1.165, 1.54) is 6.20 Å². The van der Waals surface area contributed by atoms with Gasteiger partial charge in [-0.15, -0.1) is 0 Å². The zero-order chi connectivity index (χ0) is 17.9. The number of nitrogens with two attached hydrogens (primary N) is 1. The molecule has 0 radical (unpaired) electrons. The Morgan fingerprint density at radius 2 is 1.52 bits per heavy atom. The van der Waals surface area contributed by atoms with Gasteiger partial charge in [-0.2, -0.15) is 0 Å². The van der Waals surface area contributed by atoms with Gasteiger partial charge in [-0.25, -0.2) is 4.98 Å². The summed E-state index contributed by atoms with van der Waals surface area (Å²) in [6, 6.07) is 6.74. The van der Waals surface area contributed by atoms with Crippen molar-refractivity contribution in [1.29, 1.82) is 0 Å². The molecule has 0 aliphatic carbocycles. The molecule has 0 aliphatic heterocycles. The second-order valence-corrected chi connectivity index (χ2v) is 5.64. The molecule has 25 heavy (non-hydrogen) atoms. The van der Waals surface area contributed by atoms with Gasteiger partial charge in [-0.1, -0.05) is 12.8 Å². The van der Waals surface area contributed by atoms with E-state index in [2.05, 4.69) is 20.6 Å². The van der Waals surface area contributed by atoms with Crippen molar-refractivity contribution < 1.29 is 9.59 Å². The molecule has 0 saturated carbocycles. The number of anilines is 1. The number of nitrogens with zero attached hydrogens (tertiary/aromatic N) is 2. The van der Waals surface area contributed by atoms with Crippen molar-refractivity contribution in [2.24, 2.45) is 0 Å². The van der Waals surface area contributed by atoms with Crippen LogP contribution in [0.1, 0.15) is 46.4 Å². The molecule has 2 aromatic rings. The predicted molar refractivity (Wildman–Crippen MR) is 96.0 cm³/mol. The first-order valence-corrected chi connectivity index (χ1v) is 8.35. The summed E-state index contributed by atoms with van der Waals surface area (Å²) < 4.78 is 0. The Balaban J connectivity index is 1.50. The number of pyridine rings is 2. The fraction of sp³-hybridized carbons (Fsp3) is 0.333. The van der Waals surface area contributed by atoms with Crippen molar-refractivity contribution in [1.82, 2.24) is 20.6 Å². The average molecular weight is 341 g/mol. The van der Waals surface area contributed by atoms with Crippen LogP contribution in [0.2, 0.25) is 0 Å². The Hall–Kier alpha value is -2.96. The van der Waals surface area contributed by atoms with Gasteiger partial charge in [0.05, 0.1) is 11.1 Å². The number of aromatic nitrogens is 2. The van der Waals surface area contributed by atoms with Gasteiger partial charge in [0, 0.05) is 31.7 Å². The predicted octanol–water partition coefficient (Wildman–Crippen LogP) is 1.78. The van der Waals surface area contributed by atoms with E-state index in [1.54, 1.807) is 36.7 Å². The van der Waals surface area contributed by atoms with Gasteiger partial charge in [0.25, 0.3) is 11.8 Å². The van der Waals surface area contributed by atoms with Crippen LogP contribution in [0.5, 0.6) is 0 Å². The topological polar surface area (TPSA) is 110 Å². The number of hydrogen-bond acceptors (Lipinski definition) is 5. The van der Waals surface area contributed by atoms with Crippen molar-refractivity contribution >= 4 is 17.6 Å². The normalized spacial score (nSPS) is 10.2. The van der Waals surface area contributed by atoms with Crippen LogP contribution in [-0.2, 0) is 0 Å². The highest BCUT2D eigenvalue weighted by atomic mass is 16.2. The Morgan fingerprint density at radius 1 is 0.880 bits per heavy atom. The summed E-state index contributed by atoms with van der Waals surface area (Å²) in [5, 5.41) is 5.72. The van der Waals surface area contributed by atoms with Gasteiger partial charge in [-0.3, -0.25) is 14.6 Å². The van der Waals surface area contributed by atoms with Gasteiger partial charge in [0.2, 0.25) is 0 Å². The van der Waals surface area contributed by atoms with Crippen molar-refractivity contribution in [2.75, 3.05) is 18.8 Å². The van der Waals surface area contributed by atoms with E-state index in [9.17, 15) is 9.59 Å². The summed E-state index contributed by atoms with van der Waals surface area (Å²) in [5.74, 6) is 0.154. The molecule has 2 rings (SSSR count). The molecule has 4 N–H and O–H groups in total. The Labute approximate surface area is 147 Å². The number of unbranched alkanes of at least 4 members (excludes halogenated alkanes) is 3. The maximum Gasteiger partial charge on any atom is 0.252 e. The van der Waals surface area contributed by atoms with Crippen molar-refractivity contribution in [3.05, 3.63) is 54.0 Å². The lowest BCUT2D eigenvalue weighted by molar-refractivity contribution is 0.0943. The van der Waals surface area contributed by atoms with Crippen molar-refractivity contribution in [2.45, 2.75) is 25.7 Å². The molecule has 0 atom stereocenters. The smallest absolute Gasteiger partial charge is 0.252 e. The molecule has 7 nitrogen and oxygen atoms in total. The van der Waals surface area contributed by atoms with Crippen LogP contribution in [0.15, 0.2) is 42.9 Å². The van der Waals surface area contributed by atoms with Gasteiger partial charge in [0.1, 0.15) is 5.82 Å². The highest BCUT2D eigenvalue weighted by Crippen LogP contribution is 2.02. The number of carbonyl (C=O) groups excluding carboxylic acids is 2. The molecule has 2 amide bonds. The van der Waals surface area contributed by atoms with Crippen molar-refractivity contribution in [3.8, 4) is 0 Å². The standard InChI is InChI=1S/C18H23N5O2/c19-16-8-7-15(13-23-16)18(25)22-11-4-2-1-3-10-21-17(24)14-6-5-9-20-12-14/h5-9,12-13H,1-4,10-11H2,(H2,19,23)(H,21,24)(H,22,25). The number of amides is 2. The second-order valence-electron chi connectivity index (χ2n) is 5.64. The van der Waals surface area contributed by atoms with E-state index in [1.807, 2.05) is 0 Å². The lowest BCUT2D eigenvalue weighted by Crippen LogP contribution is -2.25. The number of nitrogen functional groups attached to an aromatic ring is 1. The molecule has 0 fully saturated rings. The summed E-state index contributed by atoms with van der Waals surface area (Å²) in [5.41, 5.74) is 6.56. The molecular weight excluding hydrogens is 318 g/mol. The highest BCUT2D eigenvalue weighted by Gasteiger charge is 2.05. The number of hydrogen-bond donors (Lipinski definition) is 3. The van der Waals surface area contributed by atoms with Gasteiger partial charge >= 0.3 is 0 Å². The molecule has 0 bridgehead atoms. The molecule has 2 aromatic heterocycles. The fourth-order valence-corrected chi connectivity index (χ4v) is 2.25. The highest BCUT2D eigenvalue weighted by molar-refractivity contribution is 5.94. The van der Waals surface area contributed by atoms with Crippen LogP contribution < -0.4 is 16.4 Å². The largest absolute Gasteiger partial charge is 0.384 e. The van der Waals surface area contributed by atoms with Crippen LogP contribution in [0.3, 0.4) is 0 Å². The lowest BCUT2D eigenvalue weighted by atomic mass is 10.2. The minimum absolute atomic E-state index is 0.0996. The quantitative estimate of drug-likeness (QED) is 0.602. The van der Waals surface area contributed by atoms with Gasteiger partial charge in [0.15, 0.2) is 0 Å². The van der Waals surface area contributed by atoms with E-state index < -0.39 is 0 Å². The van der Waals surface area contributed by atoms with E-state index in [0.29, 0.717) is 30.0 Å². The molecule has 0 unspecified atom stereocenters. The minimum Gasteiger partial charge on any atom is -0.384 e. The first kappa shape index (κ1) is 18.4. The van der Waals surface area contributed by atoms with Crippen LogP contribution in [0.4, 0.5) is 5.82 Å². The third-order valence-electron chi connectivity index (χ3n) is 3.65. The van der Waals surface area contributed by atoms with Crippen molar-refractivity contribution in [3.63, 3.8) is 0 Å². The summed E-state index contributed by atoms with van der Waals surface area (Å²) in [7, 11) is 0. The molecule has 0 saturated heterocycles. The van der Waals surface area contributed by atoms with E-state index in [0.717, 1.165) is 25.7 Å². The number of carbonyl (C=O) groups is 2. The summed E-state index contributed by atoms with van der Waals surface area (Å²) in [6.45, 7) is 1.25. The molecule has 2 heterocycles. The van der Waals surface area contributed by atoms with Gasteiger partial charge in [-0.05, 0) is 37.1 Å². The Bertz CT molecular complexity index is 674. The molecule has 0 aliphatic rings. The molecular formula is C18H23N5O2. The number of nitrogens with one attached hydrogen (secondary N) is 2. The van der Waals surface area contributed by atoms with E-state index in [4.69, 9.17) is 5.73 Å². The first-order valence-electron chi connectivity index (χ1n) is 8.35. The Morgan fingerprint density at radius 3 is 2.04 bits per heavy atom. The lowest BCUT2D eigenvalue weighted by Gasteiger charge is -2.06. The summed E-state index contributed by atoms with van der Waals surface area (Å²) in [4.78, 5) is 31.5. The SMILES string of the molecule is Nc1ccc(C(=O)NCCCCCCNC(=O)c2cccnc2)cn1. The monoisotopic (exact) mass is 341 g/mol. The number of rotatable bonds is 9. The van der Waals surface area contributed by atoms with Crippen LogP contribution >= 0.6 is 0 Å². The zero-order valence-electron chi connectivity index (χ0n) is 14.1. The summed E-state index contributed by atoms with van der Waals surface area (Å²) >= 11 is 0. The molecule has 0 spiro atoms. The molecule has 132 valence electrons.